The Labute approximate surface area is 137 Å². The molecule has 124 valence electrons. The van der Waals surface area contributed by atoms with Crippen LogP contribution in [0.2, 0.25) is 0 Å². The van der Waals surface area contributed by atoms with Gasteiger partial charge < -0.3 is 17.3 Å². The molecule has 0 atom stereocenters. The number of hydrogen-bond acceptors (Lipinski definition) is 2. The van der Waals surface area contributed by atoms with Crippen molar-refractivity contribution in [3.05, 3.63) is 60.2 Å². The van der Waals surface area contributed by atoms with Crippen molar-refractivity contribution < 1.29 is 34.5 Å². The van der Waals surface area contributed by atoms with E-state index in [-0.39, 0.29) is 18.0 Å². The highest BCUT2D eigenvalue weighted by Crippen LogP contribution is 2.19. The molecular weight excluding hydrogens is 334 g/mol. The summed E-state index contributed by atoms with van der Waals surface area (Å²) in [6.07, 6.45) is -1.98. The lowest BCUT2D eigenvalue weighted by Gasteiger charge is -2.11. The van der Waals surface area contributed by atoms with Gasteiger partial charge in [0, 0.05) is 36.9 Å². The third-order valence-corrected chi connectivity index (χ3v) is 2.92. The summed E-state index contributed by atoms with van der Waals surface area (Å²) >= 11 is 0. The van der Waals surface area contributed by atoms with E-state index in [1.54, 1.807) is 31.1 Å². The summed E-state index contributed by atoms with van der Waals surface area (Å²) in [5.74, 6) is -1.29. The minimum Gasteiger partial charge on any atom is -1.00 e. The fourth-order valence-corrected chi connectivity index (χ4v) is 1.88. The van der Waals surface area contributed by atoms with Crippen LogP contribution in [-0.2, 0) is 0 Å². The fraction of sp³-hybridized carbons (Fsp3) is 0.200. The Bertz CT molecular complexity index is 682. The van der Waals surface area contributed by atoms with Crippen LogP contribution in [0.3, 0.4) is 0 Å². The molecule has 1 heterocycles. The molecule has 1 aromatic heterocycles. The molecule has 3 nitrogen and oxygen atoms in total. The van der Waals surface area contributed by atoms with Crippen molar-refractivity contribution in [2.45, 2.75) is 6.30 Å². The highest BCUT2D eigenvalue weighted by molar-refractivity contribution is 5.92. The van der Waals surface area contributed by atoms with Crippen molar-refractivity contribution >= 4 is 11.5 Å². The first-order chi connectivity index (χ1) is 10.3. The zero-order chi connectivity index (χ0) is 16.3. The zero-order valence-corrected chi connectivity index (χ0v) is 13.1. The Morgan fingerprint density at radius 2 is 1.61 bits per heavy atom. The summed E-state index contributed by atoms with van der Waals surface area (Å²) in [6.45, 7) is 0. The molecule has 0 saturated carbocycles. The number of pyridine rings is 1. The lowest BCUT2D eigenvalue weighted by atomic mass is 10.2. The van der Waals surface area contributed by atoms with Crippen molar-refractivity contribution in [1.82, 2.24) is 0 Å². The number of hydrogen-bond donors (Lipinski definition) is 0. The molecular formula is C15H14ClF4N3. The van der Waals surface area contributed by atoms with Crippen molar-refractivity contribution in [2.75, 3.05) is 19.0 Å². The average Bonchev–Trinajstić information content (AvgIpc) is 2.45. The number of nitrogens with zero attached hydrogens (tertiary/aromatic N) is 3. The van der Waals surface area contributed by atoms with Gasteiger partial charge in [-0.2, -0.15) is 0 Å². The van der Waals surface area contributed by atoms with E-state index < -0.39 is 18.0 Å². The van der Waals surface area contributed by atoms with Gasteiger partial charge in [0.05, 0.1) is 12.4 Å². The van der Waals surface area contributed by atoms with Crippen molar-refractivity contribution in [3.8, 4) is 0 Å². The maximum absolute atomic E-state index is 13.8. The predicted octanol–water partition coefficient (Wildman–Crippen LogP) is -0.00210. The quantitative estimate of drug-likeness (QED) is 0.246. The van der Waals surface area contributed by atoms with Gasteiger partial charge in [-0.3, -0.25) is 0 Å². The Hall–Kier alpha value is -2.15. The standard InChI is InChI=1S/C15H14F4N3.ClH/c1-21(2)11-7-9-22(10-8-11)14(20-15(17,18)19)12-5-3-4-6-13(12)16;/h3-10H,1-2H3;1H/q+1;/p-1/b20-14+;. The second-order valence-electron chi connectivity index (χ2n) is 4.74. The third-order valence-electron chi connectivity index (χ3n) is 2.92. The van der Waals surface area contributed by atoms with Gasteiger partial charge in [-0.05, 0) is 12.1 Å². The summed E-state index contributed by atoms with van der Waals surface area (Å²) in [6, 6.07) is 8.45. The van der Waals surface area contributed by atoms with Gasteiger partial charge in [-0.15, -0.1) is 13.2 Å². The molecule has 0 bridgehead atoms. The minimum absolute atomic E-state index is 0. The smallest absolute Gasteiger partial charge is 0.603 e. The molecule has 2 rings (SSSR count). The molecule has 0 aliphatic carbocycles. The van der Waals surface area contributed by atoms with Crippen LogP contribution in [-0.4, -0.2) is 26.2 Å². The zero-order valence-electron chi connectivity index (χ0n) is 12.4. The molecule has 0 saturated heterocycles. The van der Waals surface area contributed by atoms with E-state index in [1.807, 2.05) is 0 Å². The maximum Gasteiger partial charge on any atom is 0.603 e. The normalized spacial score (nSPS) is 11.8. The first-order valence-corrected chi connectivity index (χ1v) is 6.38. The second-order valence-corrected chi connectivity index (χ2v) is 4.74. The van der Waals surface area contributed by atoms with Crippen LogP contribution in [0.1, 0.15) is 5.56 Å². The lowest BCUT2D eigenvalue weighted by molar-refractivity contribution is -0.555. The van der Waals surface area contributed by atoms with Crippen LogP contribution in [0, 0.1) is 5.82 Å². The van der Waals surface area contributed by atoms with Crippen LogP contribution < -0.4 is 21.9 Å². The van der Waals surface area contributed by atoms with Crippen LogP contribution >= 0.6 is 0 Å². The van der Waals surface area contributed by atoms with E-state index >= 15 is 0 Å². The number of halogens is 5. The molecule has 2 aromatic rings. The molecule has 0 spiro atoms. The van der Waals surface area contributed by atoms with Gasteiger partial charge in [-0.1, -0.05) is 12.1 Å². The average molecular weight is 348 g/mol. The Morgan fingerprint density at radius 3 is 2.09 bits per heavy atom. The topological polar surface area (TPSA) is 19.5 Å². The van der Waals surface area contributed by atoms with Crippen LogP contribution in [0.4, 0.5) is 23.2 Å². The second kappa shape index (κ2) is 7.41. The summed E-state index contributed by atoms with van der Waals surface area (Å²) in [7, 11) is 3.61. The van der Waals surface area contributed by atoms with E-state index in [4.69, 9.17) is 0 Å². The molecule has 8 heteroatoms. The molecule has 0 amide bonds. The van der Waals surface area contributed by atoms with E-state index in [9.17, 15) is 17.6 Å². The Kier molecular flexibility index (Phi) is 6.09. The van der Waals surface area contributed by atoms with Crippen LogP contribution in [0.15, 0.2) is 53.8 Å². The highest BCUT2D eigenvalue weighted by Gasteiger charge is 2.38. The monoisotopic (exact) mass is 347 g/mol. The minimum atomic E-state index is -4.80. The molecule has 0 aliphatic heterocycles. The molecule has 0 fully saturated rings. The fourth-order valence-electron chi connectivity index (χ4n) is 1.88. The SMILES string of the molecule is CN(C)c1cc[n+](/C(=N/C(F)(F)F)c2ccccc2F)cc1.[Cl-]. The number of aliphatic imine (C=N–C) groups is 1. The Balaban J connectivity index is 0.00000264. The highest BCUT2D eigenvalue weighted by atomic mass is 35.5. The Morgan fingerprint density at radius 1 is 1.04 bits per heavy atom. The van der Waals surface area contributed by atoms with E-state index in [0.717, 1.165) is 16.3 Å². The summed E-state index contributed by atoms with van der Waals surface area (Å²) in [4.78, 5) is 4.51. The van der Waals surface area contributed by atoms with Crippen molar-refractivity contribution in [2.24, 2.45) is 4.99 Å². The number of alkyl halides is 3. The van der Waals surface area contributed by atoms with Crippen molar-refractivity contribution in [1.29, 1.82) is 0 Å². The summed E-state index contributed by atoms with van der Waals surface area (Å²) in [5, 5.41) is 0. The third kappa shape index (κ3) is 4.92. The summed E-state index contributed by atoms with van der Waals surface area (Å²) < 4.78 is 53.0. The van der Waals surface area contributed by atoms with Gasteiger partial charge >= 0.3 is 12.1 Å². The molecule has 0 radical (unpaired) electrons. The van der Waals surface area contributed by atoms with E-state index in [1.165, 1.54) is 30.6 Å². The van der Waals surface area contributed by atoms with E-state index in [0.29, 0.717) is 0 Å². The van der Waals surface area contributed by atoms with Crippen LogP contribution in [0.5, 0.6) is 0 Å². The molecule has 0 N–H and O–H groups in total. The van der Waals surface area contributed by atoms with Gasteiger partial charge in [0.1, 0.15) is 11.4 Å². The van der Waals surface area contributed by atoms with Gasteiger partial charge in [0.15, 0.2) is 0 Å². The molecule has 23 heavy (non-hydrogen) atoms. The number of rotatable bonds is 2. The molecule has 1 aromatic carbocycles. The number of anilines is 1. The van der Waals surface area contributed by atoms with Crippen LogP contribution in [0.25, 0.3) is 0 Å². The van der Waals surface area contributed by atoms with Crippen molar-refractivity contribution in [3.63, 3.8) is 0 Å². The largest absolute Gasteiger partial charge is 1.00 e. The van der Waals surface area contributed by atoms with Gasteiger partial charge in [0.25, 0.3) is 0 Å². The van der Waals surface area contributed by atoms with E-state index in [2.05, 4.69) is 4.99 Å². The predicted molar refractivity (Wildman–Crippen MR) is 75.4 cm³/mol. The number of aromatic nitrogens is 1. The summed E-state index contributed by atoms with van der Waals surface area (Å²) in [5.41, 5.74) is 0.582. The van der Waals surface area contributed by atoms with Gasteiger partial charge in [0.2, 0.25) is 0 Å². The molecule has 0 unspecified atom stereocenters. The first kappa shape index (κ1) is 18.9. The molecule has 0 aliphatic rings. The first-order valence-electron chi connectivity index (χ1n) is 6.38. The lowest BCUT2D eigenvalue weighted by Crippen LogP contribution is -3.00. The maximum atomic E-state index is 13.8. The van der Waals surface area contributed by atoms with Gasteiger partial charge in [-0.25, -0.2) is 8.96 Å². The number of benzene rings is 1.